The van der Waals surface area contributed by atoms with Crippen molar-refractivity contribution >= 4 is 18.0 Å². The molecule has 0 saturated heterocycles. The van der Waals surface area contributed by atoms with E-state index in [2.05, 4.69) is 55.0 Å². The SMILES string of the molecule is CCCCC/C=C\C/C=C\CCCCCCCCOC(=O)CCCC(=O)OCCCCCCCC/C=C\CCCCCCCC.CN(C)CCCOC(N)=O. The van der Waals surface area contributed by atoms with E-state index in [9.17, 15) is 14.4 Å². The van der Waals surface area contributed by atoms with Gasteiger partial charge in [0, 0.05) is 19.4 Å². The van der Waals surface area contributed by atoms with E-state index in [1.165, 1.54) is 135 Å². The minimum Gasteiger partial charge on any atom is -0.466 e. The Labute approximate surface area is 339 Å². The lowest BCUT2D eigenvalue weighted by atomic mass is 10.1. The number of nitrogens with zero attached hydrogens (tertiary/aromatic N) is 1. The molecule has 0 atom stereocenters. The highest BCUT2D eigenvalue weighted by Crippen LogP contribution is 2.11. The molecule has 0 radical (unpaired) electrons. The van der Waals surface area contributed by atoms with Crippen molar-refractivity contribution in [2.24, 2.45) is 5.73 Å². The molecule has 0 aliphatic heterocycles. The lowest BCUT2D eigenvalue weighted by Gasteiger charge is -2.07. The fourth-order valence-corrected chi connectivity index (χ4v) is 5.89. The highest BCUT2D eigenvalue weighted by Gasteiger charge is 2.07. The minimum atomic E-state index is -0.696. The summed E-state index contributed by atoms with van der Waals surface area (Å²) in [6, 6.07) is 0. The maximum atomic E-state index is 11.9. The average molecular weight is 777 g/mol. The molecule has 0 bridgehead atoms. The van der Waals surface area contributed by atoms with Gasteiger partial charge >= 0.3 is 18.0 Å². The summed E-state index contributed by atoms with van der Waals surface area (Å²) in [5.74, 6) is -0.389. The van der Waals surface area contributed by atoms with Crippen molar-refractivity contribution in [2.75, 3.05) is 40.5 Å². The van der Waals surface area contributed by atoms with Crippen LogP contribution in [0.3, 0.4) is 0 Å². The van der Waals surface area contributed by atoms with Gasteiger partial charge in [-0.1, -0.05) is 147 Å². The van der Waals surface area contributed by atoms with E-state index in [1.807, 2.05) is 19.0 Å². The molecule has 322 valence electrons. The first-order chi connectivity index (χ1) is 26.8. The van der Waals surface area contributed by atoms with E-state index in [4.69, 9.17) is 15.2 Å². The number of carbonyl (C=O) groups excluding carboxylic acids is 3. The summed E-state index contributed by atoms with van der Waals surface area (Å²) in [5, 5.41) is 0. The van der Waals surface area contributed by atoms with E-state index in [1.54, 1.807) is 0 Å². The highest BCUT2D eigenvalue weighted by atomic mass is 16.5. The van der Waals surface area contributed by atoms with Gasteiger partial charge in [-0.2, -0.15) is 0 Å². The van der Waals surface area contributed by atoms with Gasteiger partial charge in [-0.3, -0.25) is 9.59 Å². The largest absolute Gasteiger partial charge is 0.466 e. The number of rotatable bonds is 39. The molecule has 2 N–H and O–H groups in total. The Morgan fingerprint density at radius 2 is 0.782 bits per heavy atom. The molecule has 8 heteroatoms. The number of hydrogen-bond donors (Lipinski definition) is 1. The van der Waals surface area contributed by atoms with Crippen LogP contribution in [0.5, 0.6) is 0 Å². The highest BCUT2D eigenvalue weighted by molar-refractivity contribution is 5.72. The molecule has 0 saturated carbocycles. The van der Waals surface area contributed by atoms with Crippen LogP contribution in [0, 0.1) is 0 Å². The minimum absolute atomic E-state index is 0.194. The Kier molecular flexibility index (Phi) is 47.1. The predicted octanol–water partition coefficient (Wildman–Crippen LogP) is 13.1. The van der Waals surface area contributed by atoms with Crippen LogP contribution < -0.4 is 5.73 Å². The first-order valence-electron chi connectivity index (χ1n) is 22.7. The fourth-order valence-electron chi connectivity index (χ4n) is 5.89. The Balaban J connectivity index is 0. The molecular weight excluding hydrogens is 689 g/mol. The van der Waals surface area contributed by atoms with Crippen LogP contribution in [-0.2, 0) is 23.8 Å². The number of allylic oxidation sites excluding steroid dienone is 6. The van der Waals surface area contributed by atoms with Crippen molar-refractivity contribution in [3.63, 3.8) is 0 Å². The van der Waals surface area contributed by atoms with E-state index in [0.29, 0.717) is 39.1 Å². The van der Waals surface area contributed by atoms with Crippen LogP contribution in [0.25, 0.3) is 0 Å². The Morgan fingerprint density at radius 1 is 0.436 bits per heavy atom. The molecule has 0 aliphatic carbocycles. The molecule has 0 fully saturated rings. The lowest BCUT2D eigenvalue weighted by molar-refractivity contribution is -0.145. The van der Waals surface area contributed by atoms with Crippen LogP contribution in [0.15, 0.2) is 36.5 Å². The molecule has 0 aromatic heterocycles. The zero-order valence-corrected chi connectivity index (χ0v) is 36.5. The van der Waals surface area contributed by atoms with E-state index < -0.39 is 6.09 Å². The first-order valence-corrected chi connectivity index (χ1v) is 22.7. The normalized spacial score (nSPS) is 11.4. The summed E-state index contributed by atoms with van der Waals surface area (Å²) in [6.45, 7) is 6.83. The number of amides is 1. The summed E-state index contributed by atoms with van der Waals surface area (Å²) >= 11 is 0. The quantitative estimate of drug-likeness (QED) is 0.0286. The lowest BCUT2D eigenvalue weighted by Crippen LogP contribution is -2.18. The fraction of sp³-hybridized carbons (Fsp3) is 0.809. The summed E-state index contributed by atoms with van der Waals surface area (Å²) in [5.41, 5.74) is 4.73. The maximum absolute atomic E-state index is 11.9. The third-order valence-corrected chi connectivity index (χ3v) is 9.28. The Hall–Kier alpha value is -2.61. The van der Waals surface area contributed by atoms with Crippen LogP contribution in [-0.4, -0.2) is 63.4 Å². The van der Waals surface area contributed by atoms with Gasteiger partial charge in [-0.25, -0.2) is 4.79 Å². The number of unbranched alkanes of at least 4 members (excludes halogenated alkanes) is 21. The number of hydrogen-bond acceptors (Lipinski definition) is 7. The average Bonchev–Trinajstić information content (AvgIpc) is 3.16. The zero-order valence-electron chi connectivity index (χ0n) is 36.5. The molecule has 0 aliphatic rings. The Bertz CT molecular complexity index is 917. The third-order valence-electron chi connectivity index (χ3n) is 9.28. The predicted molar refractivity (Wildman–Crippen MR) is 233 cm³/mol. The number of nitrogens with two attached hydrogens (primary N) is 1. The van der Waals surface area contributed by atoms with E-state index in [0.717, 1.165) is 45.1 Å². The molecule has 0 unspecified atom stereocenters. The molecule has 55 heavy (non-hydrogen) atoms. The van der Waals surface area contributed by atoms with Gasteiger partial charge in [0.05, 0.1) is 19.8 Å². The summed E-state index contributed by atoms with van der Waals surface area (Å²) < 4.78 is 15.2. The van der Waals surface area contributed by atoms with Crippen molar-refractivity contribution in [1.29, 1.82) is 0 Å². The molecule has 1 amide bonds. The van der Waals surface area contributed by atoms with Gasteiger partial charge in [0.1, 0.15) is 0 Å². The van der Waals surface area contributed by atoms with Crippen molar-refractivity contribution in [1.82, 2.24) is 4.90 Å². The van der Waals surface area contributed by atoms with Gasteiger partial charge < -0.3 is 24.8 Å². The monoisotopic (exact) mass is 777 g/mol. The maximum Gasteiger partial charge on any atom is 0.404 e. The van der Waals surface area contributed by atoms with Crippen molar-refractivity contribution in [3.8, 4) is 0 Å². The molecule has 0 aromatic rings. The Morgan fingerprint density at radius 3 is 1.20 bits per heavy atom. The molecule has 0 rings (SSSR count). The van der Waals surface area contributed by atoms with Gasteiger partial charge in [0.2, 0.25) is 0 Å². The molecule has 0 aromatic carbocycles. The first kappa shape index (κ1) is 54.5. The molecule has 0 heterocycles. The van der Waals surface area contributed by atoms with Gasteiger partial charge in [-0.05, 0) is 97.6 Å². The standard InChI is InChI=1S/C41H74O4.C6H14N2O2/c1-3-5-7-9-11-13-15-17-19-21-23-25-27-29-31-33-38-44-40(42)36-35-37-41(43)45-39-34-32-30-28-26-24-22-20-18-16-14-12-10-8-6-4-2;1-8(2)4-3-5-10-6(7)9/h11,13,17-20H,3-10,12,14-16,21-39H2,1-2H3;3-5H2,1-2H3,(H2,7,9)/b13-11-,19-17-,20-18-;. The number of carbonyl (C=O) groups is 3. The summed E-state index contributed by atoms with van der Waals surface area (Å²) in [6.07, 6.45) is 47.3. The number of ether oxygens (including phenoxy) is 3. The van der Waals surface area contributed by atoms with Gasteiger partial charge in [0.15, 0.2) is 0 Å². The zero-order chi connectivity index (χ0) is 40.7. The number of esters is 2. The topological polar surface area (TPSA) is 108 Å². The molecule has 0 spiro atoms. The second-order valence-corrected chi connectivity index (χ2v) is 15.1. The van der Waals surface area contributed by atoms with Crippen LogP contribution >= 0.6 is 0 Å². The van der Waals surface area contributed by atoms with E-state index in [-0.39, 0.29) is 11.9 Å². The number of primary amides is 1. The van der Waals surface area contributed by atoms with Gasteiger partial charge in [0.25, 0.3) is 0 Å². The van der Waals surface area contributed by atoms with Crippen molar-refractivity contribution < 1.29 is 28.6 Å². The van der Waals surface area contributed by atoms with Crippen molar-refractivity contribution in [2.45, 2.75) is 206 Å². The van der Waals surface area contributed by atoms with E-state index >= 15 is 0 Å². The third kappa shape index (κ3) is 53.5. The van der Waals surface area contributed by atoms with Crippen molar-refractivity contribution in [3.05, 3.63) is 36.5 Å². The summed E-state index contributed by atoms with van der Waals surface area (Å²) in [7, 11) is 3.93. The van der Waals surface area contributed by atoms with Crippen LogP contribution in [0.4, 0.5) is 4.79 Å². The molecule has 8 nitrogen and oxygen atoms in total. The second kappa shape index (κ2) is 47.5. The summed E-state index contributed by atoms with van der Waals surface area (Å²) in [4.78, 5) is 35.9. The van der Waals surface area contributed by atoms with Crippen LogP contribution in [0.1, 0.15) is 206 Å². The molecular formula is C47H88N2O6. The second-order valence-electron chi connectivity index (χ2n) is 15.1. The smallest absolute Gasteiger partial charge is 0.404 e. The van der Waals surface area contributed by atoms with Gasteiger partial charge in [-0.15, -0.1) is 0 Å². The van der Waals surface area contributed by atoms with Crippen LogP contribution in [0.2, 0.25) is 0 Å².